The number of ether oxygens (including phenoxy) is 2. The summed E-state index contributed by atoms with van der Waals surface area (Å²) in [6.45, 7) is 6.98. The van der Waals surface area contributed by atoms with Gasteiger partial charge in [0.2, 0.25) is 0 Å². The maximum Gasteiger partial charge on any atom is 0.268 e. The molecule has 1 aromatic carbocycles. The molecule has 0 radical (unpaired) electrons. The van der Waals surface area contributed by atoms with Gasteiger partial charge in [-0.05, 0) is 30.8 Å². The molecule has 2 aromatic heterocycles. The number of likely N-dealkylation sites (N-methyl/N-ethyl adjacent to an activating group) is 1. The quantitative estimate of drug-likeness (QED) is 0.413. The van der Waals surface area contributed by atoms with Crippen LogP contribution in [-0.4, -0.2) is 71.5 Å². The summed E-state index contributed by atoms with van der Waals surface area (Å²) in [5.74, 6) is -1.07. The molecule has 192 valence electrons. The smallest absolute Gasteiger partial charge is 0.268 e. The summed E-state index contributed by atoms with van der Waals surface area (Å²) in [4.78, 5) is 33.0. The average Bonchev–Trinajstić information content (AvgIpc) is 2.88. The van der Waals surface area contributed by atoms with Gasteiger partial charge in [-0.15, -0.1) is 0 Å². The lowest BCUT2D eigenvalue weighted by Crippen LogP contribution is -2.44. The summed E-state index contributed by atoms with van der Waals surface area (Å²) in [6, 6.07) is 6.13. The molecule has 0 saturated carbocycles. The lowest BCUT2D eigenvalue weighted by molar-refractivity contribution is 0.0928. The first-order valence-electron chi connectivity index (χ1n) is 12.1. The first-order valence-corrected chi connectivity index (χ1v) is 12.1. The van der Waals surface area contributed by atoms with E-state index < -0.39 is 17.2 Å². The molecule has 2 N–H and O–H groups in total. The van der Waals surface area contributed by atoms with E-state index in [9.17, 15) is 19.1 Å². The summed E-state index contributed by atoms with van der Waals surface area (Å²) in [7, 11) is 1.50. The third-order valence-corrected chi connectivity index (χ3v) is 6.42. The number of benzene rings is 1. The van der Waals surface area contributed by atoms with Gasteiger partial charge in [0.25, 0.3) is 11.5 Å². The van der Waals surface area contributed by atoms with E-state index in [1.54, 1.807) is 18.3 Å². The van der Waals surface area contributed by atoms with Crippen LogP contribution in [-0.2, 0) is 17.7 Å². The Labute approximate surface area is 208 Å². The molecule has 36 heavy (non-hydrogen) atoms. The number of halogens is 1. The predicted octanol–water partition coefficient (Wildman–Crippen LogP) is 2.31. The number of nitrogens with one attached hydrogen (secondary N) is 1. The molecule has 0 fully saturated rings. The van der Waals surface area contributed by atoms with Gasteiger partial charge in [0.1, 0.15) is 28.5 Å². The van der Waals surface area contributed by atoms with Gasteiger partial charge in [0, 0.05) is 38.4 Å². The summed E-state index contributed by atoms with van der Waals surface area (Å²) < 4.78 is 26.3. The van der Waals surface area contributed by atoms with Crippen molar-refractivity contribution in [1.82, 2.24) is 19.8 Å². The lowest BCUT2D eigenvalue weighted by atomic mass is 10.0. The first-order chi connectivity index (χ1) is 17.4. The molecule has 1 amide bonds. The SMILES string of the molecule is CCN(CC)CC1Cn2c(=O)c(C(=O)NCCOC)c(O)c3ncc(Cc4ccc(F)cc4)c(c32)O1. The highest BCUT2D eigenvalue weighted by Crippen LogP contribution is 2.37. The van der Waals surface area contributed by atoms with Crippen molar-refractivity contribution in [3.05, 3.63) is 63.3 Å². The maximum absolute atomic E-state index is 13.5. The van der Waals surface area contributed by atoms with E-state index in [2.05, 4.69) is 29.0 Å². The number of aromatic nitrogens is 2. The summed E-state index contributed by atoms with van der Waals surface area (Å²) in [5.41, 5.74) is 1.04. The van der Waals surface area contributed by atoms with Gasteiger partial charge in [-0.25, -0.2) is 4.39 Å². The van der Waals surface area contributed by atoms with Gasteiger partial charge in [-0.3, -0.25) is 19.1 Å². The number of methoxy groups -OCH3 is 1. The van der Waals surface area contributed by atoms with Gasteiger partial charge in [-0.1, -0.05) is 26.0 Å². The third kappa shape index (κ3) is 5.05. The van der Waals surface area contributed by atoms with E-state index in [-0.39, 0.29) is 42.7 Å². The van der Waals surface area contributed by atoms with Crippen molar-refractivity contribution in [3.63, 3.8) is 0 Å². The second-order valence-corrected chi connectivity index (χ2v) is 8.73. The number of rotatable bonds is 10. The fraction of sp³-hybridized carbons (Fsp3) is 0.423. The number of aromatic hydroxyl groups is 1. The Morgan fingerprint density at radius 1 is 1.31 bits per heavy atom. The first kappa shape index (κ1) is 25.6. The van der Waals surface area contributed by atoms with Crippen LogP contribution < -0.4 is 15.6 Å². The lowest BCUT2D eigenvalue weighted by Gasteiger charge is -2.32. The Hall–Kier alpha value is -3.50. The number of hydrogen-bond acceptors (Lipinski definition) is 7. The standard InChI is InChI=1S/C26H31FN4O5/c1-4-30(5-2)14-19-15-31-22-21(23(32)20(26(31)34)25(33)28-10-11-35-3)29-13-17(24(22)36-19)12-16-6-8-18(27)9-7-16/h6-9,13,19,32H,4-5,10-12,14-15H2,1-3H3,(H,28,33). The van der Waals surface area contributed by atoms with Crippen LogP contribution in [0.3, 0.4) is 0 Å². The number of hydrogen-bond donors (Lipinski definition) is 2. The molecule has 10 heteroatoms. The predicted molar refractivity (Wildman–Crippen MR) is 133 cm³/mol. The van der Waals surface area contributed by atoms with Crippen molar-refractivity contribution < 1.29 is 23.8 Å². The van der Waals surface area contributed by atoms with Crippen LogP contribution in [0.25, 0.3) is 11.0 Å². The molecule has 1 unspecified atom stereocenters. The number of amides is 1. The molecule has 0 saturated heterocycles. The number of carbonyl (C=O) groups is 1. The van der Waals surface area contributed by atoms with Crippen molar-refractivity contribution >= 4 is 16.9 Å². The molecule has 1 atom stereocenters. The van der Waals surface area contributed by atoms with Crippen LogP contribution in [0.15, 0.2) is 35.3 Å². The van der Waals surface area contributed by atoms with Gasteiger partial charge in [0.15, 0.2) is 11.5 Å². The Morgan fingerprint density at radius 2 is 2.03 bits per heavy atom. The molecule has 4 rings (SSSR count). The van der Waals surface area contributed by atoms with Crippen molar-refractivity contribution in [2.45, 2.75) is 32.9 Å². The molecule has 0 spiro atoms. The van der Waals surface area contributed by atoms with E-state index in [1.807, 2.05) is 0 Å². The molecule has 9 nitrogen and oxygen atoms in total. The fourth-order valence-corrected chi connectivity index (χ4v) is 4.49. The summed E-state index contributed by atoms with van der Waals surface area (Å²) in [6.07, 6.45) is 1.61. The van der Waals surface area contributed by atoms with Crippen LogP contribution in [0.1, 0.15) is 35.3 Å². The zero-order valence-corrected chi connectivity index (χ0v) is 20.7. The van der Waals surface area contributed by atoms with E-state index in [4.69, 9.17) is 9.47 Å². The Kier molecular flexibility index (Phi) is 7.85. The fourth-order valence-electron chi connectivity index (χ4n) is 4.49. The highest BCUT2D eigenvalue weighted by Gasteiger charge is 2.32. The largest absolute Gasteiger partial charge is 0.505 e. The molecule has 0 aliphatic carbocycles. The van der Waals surface area contributed by atoms with Crippen molar-refractivity contribution in [2.75, 3.05) is 39.9 Å². The molecular formula is C26H31FN4O5. The van der Waals surface area contributed by atoms with Crippen LogP contribution in [0.4, 0.5) is 4.39 Å². The topological polar surface area (TPSA) is 106 Å². The Bertz CT molecular complexity index is 1300. The van der Waals surface area contributed by atoms with Crippen LogP contribution in [0.5, 0.6) is 11.5 Å². The van der Waals surface area contributed by atoms with Gasteiger partial charge in [0.05, 0.1) is 13.2 Å². The second-order valence-electron chi connectivity index (χ2n) is 8.73. The molecule has 0 bridgehead atoms. The number of pyridine rings is 2. The zero-order valence-electron chi connectivity index (χ0n) is 20.7. The minimum Gasteiger partial charge on any atom is -0.505 e. The summed E-state index contributed by atoms with van der Waals surface area (Å²) in [5, 5.41) is 13.6. The molecular weight excluding hydrogens is 467 g/mol. The zero-order chi connectivity index (χ0) is 25.8. The third-order valence-electron chi connectivity index (χ3n) is 6.42. The molecule has 1 aliphatic heterocycles. The van der Waals surface area contributed by atoms with Crippen molar-refractivity contribution in [2.24, 2.45) is 0 Å². The van der Waals surface area contributed by atoms with Crippen molar-refractivity contribution in [3.8, 4) is 11.5 Å². The van der Waals surface area contributed by atoms with E-state index in [0.29, 0.717) is 29.8 Å². The van der Waals surface area contributed by atoms with Gasteiger partial charge in [-0.2, -0.15) is 0 Å². The van der Waals surface area contributed by atoms with E-state index in [0.717, 1.165) is 18.7 Å². The van der Waals surface area contributed by atoms with Crippen LogP contribution in [0.2, 0.25) is 0 Å². The average molecular weight is 499 g/mol. The van der Waals surface area contributed by atoms with Gasteiger partial charge >= 0.3 is 0 Å². The van der Waals surface area contributed by atoms with Crippen LogP contribution >= 0.6 is 0 Å². The minimum atomic E-state index is -0.689. The Morgan fingerprint density at radius 3 is 2.69 bits per heavy atom. The number of carbonyl (C=O) groups excluding carboxylic acids is 1. The normalized spacial score (nSPS) is 14.8. The number of nitrogens with zero attached hydrogens (tertiary/aromatic N) is 3. The molecule has 3 heterocycles. The minimum absolute atomic E-state index is 0.116. The monoisotopic (exact) mass is 498 g/mol. The molecule has 3 aromatic rings. The van der Waals surface area contributed by atoms with Crippen molar-refractivity contribution in [1.29, 1.82) is 0 Å². The molecule has 1 aliphatic rings. The van der Waals surface area contributed by atoms with Gasteiger partial charge < -0.3 is 24.8 Å². The summed E-state index contributed by atoms with van der Waals surface area (Å²) >= 11 is 0. The highest BCUT2D eigenvalue weighted by molar-refractivity contribution is 6.02. The second kappa shape index (κ2) is 11.0. The van der Waals surface area contributed by atoms with E-state index in [1.165, 1.54) is 23.8 Å². The van der Waals surface area contributed by atoms with Crippen LogP contribution in [0, 0.1) is 5.82 Å². The highest BCUT2D eigenvalue weighted by atomic mass is 19.1. The Balaban J connectivity index is 1.84. The van der Waals surface area contributed by atoms with E-state index >= 15 is 0 Å². The maximum atomic E-state index is 13.5.